The Labute approximate surface area is 121 Å². The number of nitrogens with one attached hydrogen (secondary N) is 1. The zero-order chi connectivity index (χ0) is 14.7. The summed E-state index contributed by atoms with van der Waals surface area (Å²) in [4.78, 5) is 10.9. The van der Waals surface area contributed by atoms with Gasteiger partial charge in [0, 0.05) is 17.7 Å². The van der Waals surface area contributed by atoms with Gasteiger partial charge < -0.3 is 11.1 Å². The van der Waals surface area contributed by atoms with Gasteiger partial charge in [0.15, 0.2) is 0 Å². The molecule has 0 aliphatic heterocycles. The van der Waals surface area contributed by atoms with Gasteiger partial charge in [0.05, 0.1) is 10.7 Å². The van der Waals surface area contributed by atoms with Gasteiger partial charge in [0.1, 0.15) is 5.82 Å². The number of hydrogen-bond donors (Lipinski definition) is 2. The summed E-state index contributed by atoms with van der Waals surface area (Å²) in [5.41, 5.74) is 7.47. The molecule has 0 radical (unpaired) electrons. The number of halogens is 2. The van der Waals surface area contributed by atoms with Gasteiger partial charge in [-0.05, 0) is 36.8 Å². The van der Waals surface area contributed by atoms with Crippen molar-refractivity contribution >= 4 is 23.2 Å². The van der Waals surface area contributed by atoms with Crippen LogP contribution < -0.4 is 11.1 Å². The highest BCUT2D eigenvalue weighted by atomic mass is 35.5. The fraction of sp³-hybridized carbons (Fsp3) is 0.133. The third-order valence-electron chi connectivity index (χ3n) is 2.93. The molecule has 0 aliphatic carbocycles. The highest BCUT2D eigenvalue weighted by molar-refractivity contribution is 6.33. The average molecular weight is 293 g/mol. The number of amides is 1. The second kappa shape index (κ2) is 5.92. The number of carbonyl (C=O) groups is 1. The second-order valence-electron chi connectivity index (χ2n) is 4.51. The summed E-state index contributed by atoms with van der Waals surface area (Å²) in [6, 6.07) is 9.75. The first-order chi connectivity index (χ1) is 9.47. The third-order valence-corrected chi connectivity index (χ3v) is 3.24. The number of nitrogens with two attached hydrogens (primary N) is 1. The predicted octanol–water partition coefficient (Wildman–Crippen LogP) is 3.50. The van der Waals surface area contributed by atoms with Crippen LogP contribution >= 0.6 is 11.6 Å². The van der Waals surface area contributed by atoms with Crippen LogP contribution in [0.1, 0.15) is 21.5 Å². The van der Waals surface area contributed by atoms with Gasteiger partial charge in [-0.1, -0.05) is 23.7 Å². The number of rotatable bonds is 4. The normalized spacial score (nSPS) is 10.3. The SMILES string of the molecule is Cc1ccc(NCc2ccc(C(N)=O)cc2F)c(Cl)c1. The Kier molecular flexibility index (Phi) is 4.25. The molecule has 3 N–H and O–H groups in total. The lowest BCUT2D eigenvalue weighted by Gasteiger charge is -2.10. The van der Waals surface area contributed by atoms with Crippen LogP contribution in [0, 0.1) is 12.7 Å². The summed E-state index contributed by atoms with van der Waals surface area (Å²) < 4.78 is 13.8. The molecule has 5 heteroatoms. The molecular weight excluding hydrogens is 279 g/mol. The standard InChI is InChI=1S/C15H14ClFN2O/c1-9-2-5-14(12(16)6-9)19-8-11-4-3-10(15(18)20)7-13(11)17/h2-7,19H,8H2,1H3,(H2,18,20). The molecule has 2 rings (SSSR count). The molecule has 0 fully saturated rings. The van der Waals surface area contributed by atoms with Crippen molar-refractivity contribution < 1.29 is 9.18 Å². The van der Waals surface area contributed by atoms with Crippen LogP contribution in [-0.2, 0) is 6.54 Å². The fourth-order valence-electron chi connectivity index (χ4n) is 1.80. The Morgan fingerprint density at radius 2 is 2.05 bits per heavy atom. The third kappa shape index (κ3) is 3.27. The van der Waals surface area contributed by atoms with E-state index in [0.717, 1.165) is 17.3 Å². The first kappa shape index (κ1) is 14.3. The van der Waals surface area contributed by atoms with Crippen LogP contribution in [0.25, 0.3) is 0 Å². The largest absolute Gasteiger partial charge is 0.380 e. The number of aryl methyl sites for hydroxylation is 1. The van der Waals surface area contributed by atoms with Gasteiger partial charge >= 0.3 is 0 Å². The van der Waals surface area contributed by atoms with E-state index < -0.39 is 11.7 Å². The van der Waals surface area contributed by atoms with Crippen molar-refractivity contribution in [3.8, 4) is 0 Å². The Bertz CT molecular complexity index is 658. The predicted molar refractivity (Wildman–Crippen MR) is 78.4 cm³/mol. The van der Waals surface area contributed by atoms with E-state index >= 15 is 0 Å². The maximum atomic E-state index is 13.8. The summed E-state index contributed by atoms with van der Waals surface area (Å²) in [5.74, 6) is -1.12. The molecule has 0 atom stereocenters. The van der Waals surface area contributed by atoms with Crippen LogP contribution in [0.4, 0.5) is 10.1 Å². The van der Waals surface area contributed by atoms with Crippen LogP contribution in [0.3, 0.4) is 0 Å². The minimum Gasteiger partial charge on any atom is -0.380 e. The van der Waals surface area contributed by atoms with Crippen molar-refractivity contribution in [2.45, 2.75) is 13.5 Å². The molecule has 0 saturated carbocycles. The van der Waals surface area contributed by atoms with E-state index in [-0.39, 0.29) is 12.1 Å². The van der Waals surface area contributed by atoms with E-state index in [1.165, 1.54) is 12.1 Å². The topological polar surface area (TPSA) is 55.1 Å². The lowest BCUT2D eigenvalue weighted by Crippen LogP contribution is -2.12. The molecular formula is C15H14ClFN2O. The van der Waals surface area contributed by atoms with Crippen LogP contribution in [0.2, 0.25) is 5.02 Å². The van der Waals surface area contributed by atoms with Crippen molar-refractivity contribution in [3.05, 3.63) is 63.9 Å². The van der Waals surface area contributed by atoms with Crippen molar-refractivity contribution in [2.75, 3.05) is 5.32 Å². The highest BCUT2D eigenvalue weighted by Gasteiger charge is 2.07. The molecule has 2 aromatic carbocycles. The maximum absolute atomic E-state index is 13.8. The molecule has 0 aliphatic rings. The molecule has 0 bridgehead atoms. The summed E-state index contributed by atoms with van der Waals surface area (Å²) in [6.45, 7) is 2.21. The minimum absolute atomic E-state index is 0.152. The molecule has 0 heterocycles. The quantitative estimate of drug-likeness (QED) is 0.906. The van der Waals surface area contributed by atoms with Crippen LogP contribution in [0.5, 0.6) is 0 Å². The first-order valence-electron chi connectivity index (χ1n) is 6.05. The van der Waals surface area contributed by atoms with E-state index in [2.05, 4.69) is 5.32 Å². The van der Waals surface area contributed by atoms with Crippen molar-refractivity contribution in [2.24, 2.45) is 5.73 Å². The Hall–Kier alpha value is -2.07. The van der Waals surface area contributed by atoms with Gasteiger partial charge in [-0.3, -0.25) is 4.79 Å². The summed E-state index contributed by atoms with van der Waals surface area (Å²) in [5, 5.41) is 3.64. The van der Waals surface area contributed by atoms with Crippen molar-refractivity contribution in [1.82, 2.24) is 0 Å². The molecule has 0 aromatic heterocycles. The minimum atomic E-state index is -0.648. The van der Waals surface area contributed by atoms with Gasteiger partial charge in [-0.2, -0.15) is 0 Å². The summed E-state index contributed by atoms with van der Waals surface area (Å²) in [7, 11) is 0. The lowest BCUT2D eigenvalue weighted by atomic mass is 10.1. The number of hydrogen-bond acceptors (Lipinski definition) is 2. The molecule has 0 unspecified atom stereocenters. The maximum Gasteiger partial charge on any atom is 0.248 e. The second-order valence-corrected chi connectivity index (χ2v) is 4.91. The van der Waals surface area contributed by atoms with E-state index in [4.69, 9.17) is 17.3 Å². The number of primary amides is 1. The smallest absolute Gasteiger partial charge is 0.248 e. The molecule has 20 heavy (non-hydrogen) atoms. The van der Waals surface area contributed by atoms with Crippen LogP contribution in [-0.4, -0.2) is 5.91 Å². The zero-order valence-electron chi connectivity index (χ0n) is 10.9. The Balaban J connectivity index is 2.13. The summed E-state index contributed by atoms with van der Waals surface area (Å²) >= 11 is 6.08. The molecule has 2 aromatic rings. The molecule has 104 valence electrons. The number of benzene rings is 2. The van der Waals surface area contributed by atoms with Gasteiger partial charge in [-0.25, -0.2) is 4.39 Å². The number of anilines is 1. The van der Waals surface area contributed by atoms with Gasteiger partial charge in [0.2, 0.25) is 5.91 Å². The lowest BCUT2D eigenvalue weighted by molar-refractivity contribution is 0.1000. The van der Waals surface area contributed by atoms with E-state index in [1.54, 1.807) is 0 Å². The Morgan fingerprint density at radius 1 is 1.30 bits per heavy atom. The van der Waals surface area contributed by atoms with E-state index in [0.29, 0.717) is 10.6 Å². The number of carbonyl (C=O) groups excluding carboxylic acids is 1. The first-order valence-corrected chi connectivity index (χ1v) is 6.43. The monoisotopic (exact) mass is 292 g/mol. The van der Waals surface area contributed by atoms with Gasteiger partial charge in [-0.15, -0.1) is 0 Å². The van der Waals surface area contributed by atoms with Crippen molar-refractivity contribution in [1.29, 1.82) is 0 Å². The Morgan fingerprint density at radius 3 is 2.65 bits per heavy atom. The fourth-order valence-corrected chi connectivity index (χ4v) is 2.10. The average Bonchev–Trinajstić information content (AvgIpc) is 2.38. The van der Waals surface area contributed by atoms with Crippen LogP contribution in [0.15, 0.2) is 36.4 Å². The van der Waals surface area contributed by atoms with E-state index in [1.807, 2.05) is 25.1 Å². The molecule has 3 nitrogen and oxygen atoms in total. The van der Waals surface area contributed by atoms with Crippen molar-refractivity contribution in [3.63, 3.8) is 0 Å². The zero-order valence-corrected chi connectivity index (χ0v) is 11.7. The molecule has 0 spiro atoms. The molecule has 0 saturated heterocycles. The highest BCUT2D eigenvalue weighted by Crippen LogP contribution is 2.23. The molecule has 1 amide bonds. The van der Waals surface area contributed by atoms with Gasteiger partial charge in [0.25, 0.3) is 0 Å². The summed E-state index contributed by atoms with van der Waals surface area (Å²) in [6.07, 6.45) is 0. The van der Waals surface area contributed by atoms with E-state index in [9.17, 15) is 9.18 Å².